The molecule has 22 heavy (non-hydrogen) atoms. The second kappa shape index (κ2) is 7.06. The van der Waals surface area contributed by atoms with Crippen molar-refractivity contribution in [3.8, 4) is 0 Å². The molecule has 0 heterocycles. The number of carboxylic acid groups (broad SMARTS) is 1. The Morgan fingerprint density at radius 1 is 1.18 bits per heavy atom. The number of carboxylic acids is 1. The fraction of sp³-hybridized carbons (Fsp3) is 0.438. The van der Waals surface area contributed by atoms with E-state index < -0.39 is 17.5 Å². The lowest BCUT2D eigenvalue weighted by Crippen LogP contribution is -2.45. The van der Waals surface area contributed by atoms with Crippen molar-refractivity contribution in [3.05, 3.63) is 35.9 Å². The minimum Gasteiger partial charge on any atom is -0.481 e. The number of Topliss-reactive ketones (excluding diaryl/α,β-unsaturated/α-hetero) is 1. The van der Waals surface area contributed by atoms with E-state index in [1.54, 1.807) is 0 Å². The van der Waals surface area contributed by atoms with E-state index in [2.05, 4.69) is 5.32 Å². The molecule has 0 aromatic heterocycles. The lowest BCUT2D eigenvalue weighted by atomic mass is 9.73. The van der Waals surface area contributed by atoms with Crippen LogP contribution >= 0.6 is 0 Å². The summed E-state index contributed by atoms with van der Waals surface area (Å²) in [5.74, 6) is -0.910. The van der Waals surface area contributed by atoms with Crippen LogP contribution in [0, 0.1) is 5.41 Å². The van der Waals surface area contributed by atoms with Crippen molar-refractivity contribution in [2.75, 3.05) is 6.54 Å². The molecule has 1 aliphatic carbocycles. The van der Waals surface area contributed by atoms with Crippen LogP contribution in [0.5, 0.6) is 0 Å². The number of ketones is 1. The van der Waals surface area contributed by atoms with E-state index in [9.17, 15) is 19.5 Å². The zero-order valence-electron chi connectivity index (χ0n) is 12.2. The summed E-state index contributed by atoms with van der Waals surface area (Å²) in [4.78, 5) is 34.4. The fourth-order valence-electron chi connectivity index (χ4n) is 2.49. The van der Waals surface area contributed by atoms with Crippen molar-refractivity contribution in [2.24, 2.45) is 5.41 Å². The van der Waals surface area contributed by atoms with Crippen LogP contribution in [0.2, 0.25) is 0 Å². The summed E-state index contributed by atoms with van der Waals surface area (Å²) < 4.78 is 5.06. The summed E-state index contributed by atoms with van der Waals surface area (Å²) in [6.45, 7) is 0.106. The van der Waals surface area contributed by atoms with Gasteiger partial charge in [0, 0.05) is 19.4 Å². The van der Waals surface area contributed by atoms with Gasteiger partial charge in [0.05, 0.1) is 5.41 Å². The van der Waals surface area contributed by atoms with E-state index in [0.29, 0.717) is 0 Å². The zero-order valence-corrected chi connectivity index (χ0v) is 12.2. The first-order valence-corrected chi connectivity index (χ1v) is 7.21. The van der Waals surface area contributed by atoms with Crippen LogP contribution in [0.25, 0.3) is 0 Å². The first kappa shape index (κ1) is 16.0. The molecule has 118 valence electrons. The Morgan fingerprint density at radius 3 is 2.41 bits per heavy atom. The molecule has 6 nitrogen and oxygen atoms in total. The third kappa shape index (κ3) is 4.07. The standard InChI is InChI=1S/C16H19NO5/c18-13-6-8-16(9-7-13,14(19)20)11-17-15(21)22-10-12-4-2-1-3-5-12/h1-5H,6-11H2,(H,17,21)(H,19,20). The summed E-state index contributed by atoms with van der Waals surface area (Å²) in [6.07, 6.45) is 0.335. The van der Waals surface area contributed by atoms with Gasteiger partial charge >= 0.3 is 12.1 Å². The molecule has 6 heteroatoms. The molecule has 1 fully saturated rings. The quantitative estimate of drug-likeness (QED) is 0.869. The maximum absolute atomic E-state index is 11.7. The van der Waals surface area contributed by atoms with Gasteiger partial charge in [0.1, 0.15) is 12.4 Å². The Balaban J connectivity index is 1.83. The molecule has 0 radical (unpaired) electrons. The number of benzene rings is 1. The highest BCUT2D eigenvalue weighted by Crippen LogP contribution is 2.34. The lowest BCUT2D eigenvalue weighted by molar-refractivity contribution is -0.151. The number of amides is 1. The Hall–Kier alpha value is -2.37. The van der Waals surface area contributed by atoms with E-state index in [0.717, 1.165) is 5.56 Å². The van der Waals surface area contributed by atoms with E-state index in [1.165, 1.54) is 0 Å². The fourth-order valence-corrected chi connectivity index (χ4v) is 2.49. The van der Waals surface area contributed by atoms with Crippen LogP contribution in [0.4, 0.5) is 4.79 Å². The molecule has 0 atom stereocenters. The van der Waals surface area contributed by atoms with Gasteiger partial charge in [-0.15, -0.1) is 0 Å². The van der Waals surface area contributed by atoms with Crippen molar-refractivity contribution in [1.82, 2.24) is 5.32 Å². The number of carbonyl (C=O) groups excluding carboxylic acids is 2. The van der Waals surface area contributed by atoms with Crippen molar-refractivity contribution in [1.29, 1.82) is 0 Å². The van der Waals surface area contributed by atoms with E-state index in [1.807, 2.05) is 30.3 Å². The Morgan fingerprint density at radius 2 is 1.82 bits per heavy atom. The SMILES string of the molecule is O=C1CCC(CNC(=O)OCc2ccccc2)(C(=O)O)CC1. The summed E-state index contributed by atoms with van der Waals surface area (Å²) in [5, 5.41) is 11.9. The highest BCUT2D eigenvalue weighted by Gasteiger charge is 2.42. The van der Waals surface area contributed by atoms with Gasteiger partial charge in [-0.1, -0.05) is 30.3 Å². The third-order valence-corrected chi connectivity index (χ3v) is 4.00. The molecule has 1 aromatic rings. The van der Waals surface area contributed by atoms with Crippen LogP contribution < -0.4 is 5.32 Å². The van der Waals surface area contributed by atoms with Crippen molar-refractivity contribution < 1.29 is 24.2 Å². The van der Waals surface area contributed by atoms with E-state index in [4.69, 9.17) is 4.74 Å². The van der Waals surface area contributed by atoms with Gasteiger partial charge in [0.25, 0.3) is 0 Å². The third-order valence-electron chi connectivity index (χ3n) is 4.00. The minimum atomic E-state index is -1.07. The lowest BCUT2D eigenvalue weighted by Gasteiger charge is -2.32. The maximum Gasteiger partial charge on any atom is 0.407 e. The molecule has 0 spiro atoms. The predicted molar refractivity (Wildman–Crippen MR) is 78.2 cm³/mol. The summed E-state index contributed by atoms with van der Waals surface area (Å²) >= 11 is 0. The normalized spacial score (nSPS) is 16.8. The Bertz CT molecular complexity index is 545. The number of ether oxygens (including phenoxy) is 1. The number of rotatable bonds is 5. The van der Waals surface area contributed by atoms with Gasteiger partial charge < -0.3 is 15.2 Å². The van der Waals surface area contributed by atoms with Crippen molar-refractivity contribution in [2.45, 2.75) is 32.3 Å². The summed E-state index contributed by atoms with van der Waals surface area (Å²) in [7, 11) is 0. The highest BCUT2D eigenvalue weighted by atomic mass is 16.5. The molecule has 0 aliphatic heterocycles. The number of hydrogen-bond donors (Lipinski definition) is 2. The molecule has 1 aliphatic rings. The monoisotopic (exact) mass is 305 g/mol. The van der Waals surface area contributed by atoms with Crippen molar-refractivity contribution >= 4 is 17.8 Å². The molecule has 2 rings (SSSR count). The van der Waals surface area contributed by atoms with E-state index >= 15 is 0 Å². The minimum absolute atomic E-state index is 0.0246. The number of carbonyl (C=O) groups is 3. The van der Waals surface area contributed by atoms with E-state index in [-0.39, 0.29) is 44.6 Å². The molecule has 1 saturated carbocycles. The van der Waals surface area contributed by atoms with Gasteiger partial charge in [-0.05, 0) is 18.4 Å². The van der Waals surface area contributed by atoms with Crippen LogP contribution in [0.15, 0.2) is 30.3 Å². The summed E-state index contributed by atoms with van der Waals surface area (Å²) in [6, 6.07) is 9.21. The van der Waals surface area contributed by atoms with Crippen LogP contribution in [-0.2, 0) is 20.9 Å². The van der Waals surface area contributed by atoms with Crippen LogP contribution in [0.1, 0.15) is 31.2 Å². The first-order chi connectivity index (χ1) is 10.5. The number of alkyl carbamates (subject to hydrolysis) is 1. The largest absolute Gasteiger partial charge is 0.481 e. The predicted octanol–water partition coefficient (Wildman–Crippen LogP) is 2.13. The van der Waals surface area contributed by atoms with Crippen LogP contribution in [-0.4, -0.2) is 29.5 Å². The molecule has 0 saturated heterocycles. The highest BCUT2D eigenvalue weighted by molar-refractivity contribution is 5.84. The molecular weight excluding hydrogens is 286 g/mol. The Kier molecular flexibility index (Phi) is 5.14. The smallest absolute Gasteiger partial charge is 0.407 e. The molecule has 0 unspecified atom stereocenters. The average Bonchev–Trinajstić information content (AvgIpc) is 2.53. The second-order valence-electron chi connectivity index (χ2n) is 5.54. The molecule has 0 bridgehead atoms. The van der Waals surface area contributed by atoms with Gasteiger partial charge in [0.2, 0.25) is 0 Å². The van der Waals surface area contributed by atoms with Gasteiger partial charge in [-0.3, -0.25) is 9.59 Å². The zero-order chi connectivity index (χ0) is 16.0. The topological polar surface area (TPSA) is 92.7 Å². The molecule has 1 amide bonds. The number of aliphatic carboxylic acids is 1. The number of nitrogens with one attached hydrogen (secondary N) is 1. The Labute approximate surface area is 128 Å². The second-order valence-corrected chi connectivity index (χ2v) is 5.54. The maximum atomic E-state index is 11.7. The van der Waals surface area contributed by atoms with Gasteiger partial charge in [-0.2, -0.15) is 0 Å². The molecule has 2 N–H and O–H groups in total. The van der Waals surface area contributed by atoms with Crippen molar-refractivity contribution in [3.63, 3.8) is 0 Å². The molecular formula is C16H19NO5. The summed E-state index contributed by atoms with van der Waals surface area (Å²) in [5.41, 5.74) is -0.214. The molecule has 1 aromatic carbocycles. The first-order valence-electron chi connectivity index (χ1n) is 7.21. The van der Waals surface area contributed by atoms with Gasteiger partial charge in [-0.25, -0.2) is 4.79 Å². The van der Waals surface area contributed by atoms with Crippen LogP contribution in [0.3, 0.4) is 0 Å². The van der Waals surface area contributed by atoms with Gasteiger partial charge in [0.15, 0.2) is 0 Å². The number of hydrogen-bond acceptors (Lipinski definition) is 4. The average molecular weight is 305 g/mol.